The second-order valence-electron chi connectivity index (χ2n) is 3.80. The van der Waals surface area contributed by atoms with Crippen molar-refractivity contribution in [1.29, 1.82) is 0 Å². The molecule has 2 heterocycles. The Hall–Kier alpha value is -1.68. The molecule has 0 amide bonds. The summed E-state index contributed by atoms with van der Waals surface area (Å²) in [5, 5.41) is 4.70. The summed E-state index contributed by atoms with van der Waals surface area (Å²) in [6, 6.07) is 7.66. The molecule has 3 nitrogen and oxygen atoms in total. The maximum absolute atomic E-state index is 11.5. The van der Waals surface area contributed by atoms with Crippen molar-refractivity contribution in [2.24, 2.45) is 0 Å². The van der Waals surface area contributed by atoms with Gasteiger partial charge in [0.25, 0.3) is 0 Å². The van der Waals surface area contributed by atoms with Gasteiger partial charge in [-0.25, -0.2) is 8.42 Å². The van der Waals surface area contributed by atoms with Gasteiger partial charge in [-0.05, 0) is 11.5 Å². The summed E-state index contributed by atoms with van der Waals surface area (Å²) < 4.78 is 23.1. The molecule has 3 rings (SSSR count). The largest absolute Gasteiger partial charge is 0.256 e. The van der Waals surface area contributed by atoms with Crippen LogP contribution in [0.15, 0.2) is 30.5 Å². The molecule has 1 aromatic carbocycles. The molecule has 2 aromatic rings. The molecule has 0 fully saturated rings. The van der Waals surface area contributed by atoms with E-state index < -0.39 is 9.84 Å². The van der Waals surface area contributed by atoms with Gasteiger partial charge in [-0.1, -0.05) is 24.3 Å². The topological polar surface area (TPSA) is 47.0 Å². The van der Waals surface area contributed by atoms with Crippen LogP contribution in [0.2, 0.25) is 0 Å². The minimum absolute atomic E-state index is 0.0470. The molecule has 0 atom stereocenters. The van der Waals surface area contributed by atoms with E-state index in [0.717, 1.165) is 16.1 Å². The molecular formula is C12H9NO2S. The fourth-order valence-electron chi connectivity index (χ4n) is 1.91. The third-order valence-electron chi connectivity index (χ3n) is 2.68. The van der Waals surface area contributed by atoms with Crippen molar-refractivity contribution < 1.29 is 8.42 Å². The molecule has 1 aliphatic rings. The third-order valence-corrected chi connectivity index (χ3v) is 3.90. The van der Waals surface area contributed by atoms with Crippen molar-refractivity contribution in [2.45, 2.75) is 0 Å². The number of sulfone groups is 1. The monoisotopic (exact) mass is 231 g/mol. The molecule has 0 saturated carbocycles. The van der Waals surface area contributed by atoms with E-state index in [2.05, 4.69) is 4.98 Å². The molecule has 4 heteroatoms. The standard InChI is InChI=1S/C12H9NO2S/c14-16(15)6-5-12-11(8-16)10-4-2-1-3-9(10)7-13-12/h1-5,7-8H,6H2. The van der Waals surface area contributed by atoms with E-state index in [0.29, 0.717) is 5.22 Å². The molecule has 1 aliphatic heterocycles. The van der Waals surface area contributed by atoms with E-state index in [4.69, 9.17) is 0 Å². The van der Waals surface area contributed by atoms with E-state index in [9.17, 15) is 8.42 Å². The lowest BCUT2D eigenvalue weighted by Gasteiger charge is -2.04. The van der Waals surface area contributed by atoms with Crippen LogP contribution in [0.3, 0.4) is 0 Å². The first-order chi connectivity index (χ1) is 7.66. The van der Waals surface area contributed by atoms with Gasteiger partial charge in [0.05, 0.1) is 11.1 Å². The number of fused-ring (bicyclic) bond motifs is 3. The fourth-order valence-corrected chi connectivity index (χ4v) is 3.00. The van der Waals surface area contributed by atoms with E-state index in [1.807, 2.05) is 24.3 Å². The van der Waals surface area contributed by atoms with Crippen LogP contribution in [-0.2, 0) is 9.84 Å². The Kier molecular flexibility index (Phi) is 1.88. The number of nitrogens with zero attached hydrogens (tertiary/aromatic N) is 1. The van der Waals surface area contributed by atoms with Crippen molar-refractivity contribution in [2.75, 3.05) is 5.75 Å². The first-order valence-electron chi connectivity index (χ1n) is 4.94. The maximum Gasteiger partial charge on any atom is 0.175 e. The van der Waals surface area contributed by atoms with Crippen molar-refractivity contribution >= 4 is 32.1 Å². The Morgan fingerprint density at radius 1 is 1.19 bits per heavy atom. The zero-order chi connectivity index (χ0) is 11.2. The number of hydrogen-bond donors (Lipinski definition) is 0. The number of pyridine rings is 1. The molecule has 16 heavy (non-hydrogen) atoms. The third kappa shape index (κ3) is 1.42. The Bertz CT molecular complexity index is 791. The summed E-state index contributed by atoms with van der Waals surface area (Å²) in [6.07, 6.45) is 3.44. The van der Waals surface area contributed by atoms with Crippen LogP contribution in [-0.4, -0.2) is 19.2 Å². The minimum atomic E-state index is -3.11. The van der Waals surface area contributed by atoms with Crippen molar-refractivity contribution in [3.05, 3.63) is 41.0 Å². The van der Waals surface area contributed by atoms with Crippen LogP contribution in [0, 0.1) is 0 Å². The van der Waals surface area contributed by atoms with Crippen LogP contribution in [0.25, 0.3) is 22.3 Å². The molecular weight excluding hydrogens is 222 g/mol. The van der Waals surface area contributed by atoms with Gasteiger partial charge in [0.1, 0.15) is 0 Å². The van der Waals surface area contributed by atoms with E-state index >= 15 is 0 Å². The Labute approximate surface area is 92.7 Å². The average molecular weight is 231 g/mol. The lowest BCUT2D eigenvalue weighted by atomic mass is 10.1. The number of benzene rings is 1. The predicted molar refractivity (Wildman–Crippen MR) is 63.7 cm³/mol. The summed E-state index contributed by atoms with van der Waals surface area (Å²) in [5.74, 6) is 0.0470. The van der Waals surface area contributed by atoms with Crippen molar-refractivity contribution in [3.63, 3.8) is 0 Å². The molecule has 0 unspecified atom stereocenters. The lowest BCUT2D eigenvalue weighted by molar-refractivity contribution is 0.610. The summed E-state index contributed by atoms with van der Waals surface area (Å²) >= 11 is 0. The summed E-state index contributed by atoms with van der Waals surface area (Å²) in [6.45, 7) is 0. The number of aromatic nitrogens is 1. The van der Waals surface area contributed by atoms with Crippen LogP contribution in [0.5, 0.6) is 0 Å². The fraction of sp³-hybridized carbons (Fsp3) is 0.0833. The summed E-state index contributed by atoms with van der Waals surface area (Å²) in [4.78, 5) is 4.26. The van der Waals surface area contributed by atoms with Crippen LogP contribution >= 0.6 is 0 Å². The first-order valence-corrected chi connectivity index (χ1v) is 6.66. The smallest absolute Gasteiger partial charge is 0.175 e. The molecule has 0 aliphatic carbocycles. The summed E-state index contributed by atoms with van der Waals surface area (Å²) in [7, 11) is -3.11. The predicted octanol–water partition coefficient (Wildman–Crippen LogP) is 0.182. The van der Waals surface area contributed by atoms with Gasteiger partial charge in [0.15, 0.2) is 9.84 Å². The van der Waals surface area contributed by atoms with Gasteiger partial charge in [-0.15, -0.1) is 0 Å². The highest BCUT2D eigenvalue weighted by Gasteiger charge is 2.10. The normalized spacial score (nSPS) is 17.2. The van der Waals surface area contributed by atoms with Crippen LogP contribution in [0.1, 0.15) is 0 Å². The quantitative estimate of drug-likeness (QED) is 0.650. The van der Waals surface area contributed by atoms with Gasteiger partial charge in [-0.2, -0.15) is 0 Å². The van der Waals surface area contributed by atoms with E-state index in [-0.39, 0.29) is 5.75 Å². The second kappa shape index (κ2) is 3.15. The maximum atomic E-state index is 11.5. The van der Waals surface area contributed by atoms with Crippen molar-refractivity contribution in [3.8, 4) is 0 Å². The highest BCUT2D eigenvalue weighted by Crippen LogP contribution is 2.07. The SMILES string of the molecule is O=S1(=O)C=c2c(ncc3ccccc23)=CC1. The molecule has 0 radical (unpaired) electrons. The lowest BCUT2D eigenvalue weighted by Crippen LogP contribution is -2.34. The second-order valence-corrected chi connectivity index (χ2v) is 5.69. The minimum Gasteiger partial charge on any atom is -0.256 e. The molecule has 80 valence electrons. The average Bonchev–Trinajstić information content (AvgIpc) is 2.28. The molecule has 1 aromatic heterocycles. The molecule has 0 bridgehead atoms. The Balaban J connectivity index is 2.62. The van der Waals surface area contributed by atoms with Gasteiger partial charge in [0, 0.05) is 22.2 Å². The van der Waals surface area contributed by atoms with E-state index in [1.54, 1.807) is 12.3 Å². The number of rotatable bonds is 0. The summed E-state index contributed by atoms with van der Waals surface area (Å²) in [5.41, 5.74) is 0. The van der Waals surface area contributed by atoms with Gasteiger partial charge in [-0.3, -0.25) is 4.98 Å². The van der Waals surface area contributed by atoms with Gasteiger partial charge >= 0.3 is 0 Å². The van der Waals surface area contributed by atoms with Crippen molar-refractivity contribution in [1.82, 2.24) is 4.98 Å². The van der Waals surface area contributed by atoms with Gasteiger partial charge < -0.3 is 0 Å². The first kappa shape index (κ1) is 9.54. The zero-order valence-electron chi connectivity index (χ0n) is 8.42. The molecule has 0 saturated heterocycles. The Morgan fingerprint density at radius 2 is 2.00 bits per heavy atom. The van der Waals surface area contributed by atoms with Crippen LogP contribution in [0.4, 0.5) is 0 Å². The van der Waals surface area contributed by atoms with Gasteiger partial charge in [0.2, 0.25) is 0 Å². The highest BCUT2D eigenvalue weighted by atomic mass is 32.2. The molecule has 0 N–H and O–H groups in total. The van der Waals surface area contributed by atoms with E-state index in [1.165, 1.54) is 5.41 Å². The zero-order valence-corrected chi connectivity index (χ0v) is 9.24. The molecule has 0 spiro atoms. The number of hydrogen-bond acceptors (Lipinski definition) is 3. The Morgan fingerprint density at radius 3 is 2.88 bits per heavy atom. The highest BCUT2D eigenvalue weighted by molar-refractivity contribution is 7.99. The van der Waals surface area contributed by atoms with Crippen LogP contribution < -0.4 is 10.6 Å².